The zero-order chi connectivity index (χ0) is 18.6. The zero-order valence-corrected chi connectivity index (χ0v) is 16.0. The molecule has 0 unspecified atom stereocenters. The van der Waals surface area contributed by atoms with Gasteiger partial charge in [0.25, 0.3) is 0 Å². The zero-order valence-electron chi connectivity index (χ0n) is 15.2. The van der Waals surface area contributed by atoms with Crippen LogP contribution in [0, 0.1) is 0 Å². The molecule has 0 saturated carbocycles. The van der Waals surface area contributed by atoms with E-state index < -0.39 is 10.4 Å². The Hall–Kier alpha value is -1.43. The van der Waals surface area contributed by atoms with Crippen LogP contribution in [-0.2, 0) is 14.6 Å². The summed E-state index contributed by atoms with van der Waals surface area (Å²) in [6.07, 6.45) is 28.8. The van der Waals surface area contributed by atoms with E-state index in [2.05, 4.69) is 71.9 Å². The summed E-state index contributed by atoms with van der Waals surface area (Å²) >= 11 is 0. The van der Waals surface area contributed by atoms with E-state index in [1.54, 1.807) is 0 Å². The highest BCUT2D eigenvalue weighted by Gasteiger charge is 2.01. The van der Waals surface area contributed by atoms with Crippen molar-refractivity contribution in [3.05, 3.63) is 60.8 Å². The molecule has 0 aromatic carbocycles. The number of rotatable bonds is 15. The molecule has 0 atom stereocenters. The summed E-state index contributed by atoms with van der Waals surface area (Å²) in [5.74, 6) is 0. The standard InChI is InChI=1S/C20H32O4S/c1-2-3-4-5-6-7-8-9-10-11-12-13-14-15-16-17-18-19-20-24-25(21,22)23/h3-4,6-7,9-10,12-13,15-16H,2,5,8,11,14,17-20H2,1H3,(H,21,22,23)/b4-3-,7-6-,10-9-,13-12-,16-15-. The van der Waals surface area contributed by atoms with Crippen molar-refractivity contribution >= 4 is 10.4 Å². The van der Waals surface area contributed by atoms with Crippen molar-refractivity contribution in [3.63, 3.8) is 0 Å². The lowest BCUT2D eigenvalue weighted by atomic mass is 10.2. The molecule has 0 rings (SSSR count). The molecule has 1 N–H and O–H groups in total. The van der Waals surface area contributed by atoms with Gasteiger partial charge in [-0.2, -0.15) is 8.42 Å². The minimum atomic E-state index is -4.29. The van der Waals surface area contributed by atoms with Gasteiger partial charge in [-0.1, -0.05) is 67.7 Å². The van der Waals surface area contributed by atoms with Crippen LogP contribution in [0.2, 0.25) is 0 Å². The lowest BCUT2D eigenvalue weighted by Crippen LogP contribution is -2.04. The third-order valence-electron chi connectivity index (χ3n) is 3.16. The molecule has 0 aliphatic rings. The van der Waals surface area contributed by atoms with Crippen LogP contribution in [0.4, 0.5) is 0 Å². The van der Waals surface area contributed by atoms with Crippen LogP contribution in [0.3, 0.4) is 0 Å². The van der Waals surface area contributed by atoms with Gasteiger partial charge in [-0.15, -0.1) is 0 Å². The minimum absolute atomic E-state index is 0.0313. The Bertz CT molecular complexity index is 540. The second kappa shape index (κ2) is 17.4. The first kappa shape index (κ1) is 23.6. The van der Waals surface area contributed by atoms with E-state index in [1.807, 2.05) is 0 Å². The topological polar surface area (TPSA) is 63.6 Å². The maximum absolute atomic E-state index is 10.3. The van der Waals surface area contributed by atoms with Gasteiger partial charge >= 0.3 is 10.4 Å². The van der Waals surface area contributed by atoms with Gasteiger partial charge in [-0.25, -0.2) is 4.18 Å². The van der Waals surface area contributed by atoms with Gasteiger partial charge in [0.2, 0.25) is 0 Å². The smallest absolute Gasteiger partial charge is 0.264 e. The molecule has 0 spiro atoms. The van der Waals surface area contributed by atoms with E-state index in [0.29, 0.717) is 6.42 Å². The molecule has 0 bridgehead atoms. The molecule has 142 valence electrons. The second-order valence-electron chi connectivity index (χ2n) is 5.45. The minimum Gasteiger partial charge on any atom is -0.264 e. The van der Waals surface area contributed by atoms with Crippen LogP contribution in [0.25, 0.3) is 0 Å². The van der Waals surface area contributed by atoms with Crippen molar-refractivity contribution in [3.8, 4) is 0 Å². The van der Waals surface area contributed by atoms with Gasteiger partial charge in [0.15, 0.2) is 0 Å². The molecule has 0 heterocycles. The van der Waals surface area contributed by atoms with Gasteiger partial charge in [0.05, 0.1) is 6.61 Å². The molecule has 0 aliphatic carbocycles. The van der Waals surface area contributed by atoms with Crippen LogP contribution in [-0.4, -0.2) is 19.6 Å². The van der Waals surface area contributed by atoms with Gasteiger partial charge in [-0.3, -0.25) is 4.55 Å². The average molecular weight is 369 g/mol. The van der Waals surface area contributed by atoms with Crippen molar-refractivity contribution < 1.29 is 17.2 Å². The normalized spacial score (nSPS) is 13.5. The number of hydrogen-bond acceptors (Lipinski definition) is 3. The SMILES string of the molecule is CC/C=C\C/C=C\C/C=C\C/C=C\C/C=C\CCCCOS(=O)(=O)O. The Balaban J connectivity index is 3.47. The quantitative estimate of drug-likeness (QED) is 0.228. The Labute approximate surface area is 153 Å². The van der Waals surface area contributed by atoms with Crippen LogP contribution < -0.4 is 0 Å². The number of unbranched alkanes of at least 4 members (excludes halogenated alkanes) is 2. The molecule has 25 heavy (non-hydrogen) atoms. The van der Waals surface area contributed by atoms with Crippen molar-refractivity contribution in [2.24, 2.45) is 0 Å². The Kier molecular flexibility index (Phi) is 16.4. The predicted molar refractivity (Wildman–Crippen MR) is 106 cm³/mol. The fourth-order valence-corrected chi connectivity index (χ4v) is 2.23. The maximum Gasteiger partial charge on any atom is 0.397 e. The second-order valence-corrected chi connectivity index (χ2v) is 6.54. The van der Waals surface area contributed by atoms with E-state index in [9.17, 15) is 8.42 Å². The Morgan fingerprint density at radius 2 is 1.16 bits per heavy atom. The lowest BCUT2D eigenvalue weighted by molar-refractivity contribution is 0.263. The van der Waals surface area contributed by atoms with Crippen LogP contribution in [0.1, 0.15) is 58.3 Å². The highest BCUT2D eigenvalue weighted by Crippen LogP contribution is 2.00. The van der Waals surface area contributed by atoms with E-state index in [0.717, 1.165) is 44.9 Å². The monoisotopic (exact) mass is 368 g/mol. The predicted octanol–water partition coefficient (Wildman–Crippen LogP) is 5.73. The van der Waals surface area contributed by atoms with Crippen molar-refractivity contribution in [1.82, 2.24) is 0 Å². The Morgan fingerprint density at radius 1 is 0.720 bits per heavy atom. The van der Waals surface area contributed by atoms with Crippen LogP contribution in [0.5, 0.6) is 0 Å². The molecule has 0 aromatic rings. The fraction of sp³-hybridized carbons (Fsp3) is 0.500. The first-order chi connectivity index (χ1) is 12.1. The summed E-state index contributed by atoms with van der Waals surface area (Å²) in [6.45, 7) is 2.17. The summed E-state index contributed by atoms with van der Waals surface area (Å²) in [5, 5.41) is 0. The van der Waals surface area contributed by atoms with Gasteiger partial charge < -0.3 is 0 Å². The van der Waals surface area contributed by atoms with Gasteiger partial charge in [0.1, 0.15) is 0 Å². The van der Waals surface area contributed by atoms with Crippen molar-refractivity contribution in [2.75, 3.05) is 6.61 Å². The van der Waals surface area contributed by atoms with E-state index in [1.165, 1.54) is 0 Å². The summed E-state index contributed by atoms with van der Waals surface area (Å²) in [4.78, 5) is 0. The summed E-state index contributed by atoms with van der Waals surface area (Å²) in [5.41, 5.74) is 0. The summed E-state index contributed by atoms with van der Waals surface area (Å²) in [7, 11) is -4.29. The Morgan fingerprint density at radius 3 is 1.60 bits per heavy atom. The molecular formula is C20H32O4S. The molecular weight excluding hydrogens is 336 g/mol. The van der Waals surface area contributed by atoms with Gasteiger partial charge in [0, 0.05) is 0 Å². The molecule has 0 aliphatic heterocycles. The maximum atomic E-state index is 10.3. The summed E-state index contributed by atoms with van der Waals surface area (Å²) < 4.78 is 33.2. The van der Waals surface area contributed by atoms with E-state index in [-0.39, 0.29) is 6.61 Å². The van der Waals surface area contributed by atoms with E-state index in [4.69, 9.17) is 4.55 Å². The third-order valence-corrected chi connectivity index (χ3v) is 3.62. The molecule has 0 aromatic heterocycles. The highest BCUT2D eigenvalue weighted by atomic mass is 32.3. The highest BCUT2D eigenvalue weighted by molar-refractivity contribution is 7.80. The first-order valence-corrected chi connectivity index (χ1v) is 10.3. The summed E-state index contributed by atoms with van der Waals surface area (Å²) in [6, 6.07) is 0. The molecule has 0 fully saturated rings. The van der Waals surface area contributed by atoms with E-state index >= 15 is 0 Å². The third kappa shape index (κ3) is 22.6. The van der Waals surface area contributed by atoms with Crippen molar-refractivity contribution in [1.29, 1.82) is 0 Å². The molecule has 0 amide bonds. The van der Waals surface area contributed by atoms with Gasteiger partial charge in [-0.05, 0) is 51.4 Å². The van der Waals surface area contributed by atoms with Crippen LogP contribution in [0.15, 0.2) is 60.8 Å². The number of hydrogen-bond donors (Lipinski definition) is 1. The largest absolute Gasteiger partial charge is 0.397 e. The average Bonchev–Trinajstić information content (AvgIpc) is 2.56. The lowest BCUT2D eigenvalue weighted by Gasteiger charge is -1.97. The van der Waals surface area contributed by atoms with Crippen molar-refractivity contribution in [2.45, 2.75) is 58.3 Å². The molecule has 4 nitrogen and oxygen atoms in total. The molecule has 5 heteroatoms. The number of allylic oxidation sites excluding steroid dienone is 10. The molecule has 0 saturated heterocycles. The molecule has 0 radical (unpaired) electrons. The fourth-order valence-electron chi connectivity index (χ4n) is 1.90. The first-order valence-electron chi connectivity index (χ1n) is 8.93. The van der Waals surface area contributed by atoms with Crippen LogP contribution >= 0.6 is 0 Å².